The van der Waals surface area contributed by atoms with Crippen LogP contribution in [0.15, 0.2) is 54.7 Å². The van der Waals surface area contributed by atoms with Crippen LogP contribution in [-0.4, -0.2) is 43.2 Å². The van der Waals surface area contributed by atoms with Gasteiger partial charge in [0.15, 0.2) is 0 Å². The van der Waals surface area contributed by atoms with Crippen molar-refractivity contribution in [3.05, 3.63) is 82.9 Å². The van der Waals surface area contributed by atoms with Crippen LogP contribution in [0, 0.1) is 12.7 Å². The smallest absolute Gasteiger partial charge is 0.252 e. The van der Waals surface area contributed by atoms with E-state index in [4.69, 9.17) is 7.85 Å². The molecule has 0 aliphatic carbocycles. The fraction of sp³-hybridized carbons (Fsp3) is 0.160. The van der Waals surface area contributed by atoms with E-state index in [1.807, 2.05) is 13.0 Å². The summed E-state index contributed by atoms with van der Waals surface area (Å²) in [5.41, 5.74) is 4.94. The number of aromatic nitrogens is 2. The quantitative estimate of drug-likeness (QED) is 0.403. The summed E-state index contributed by atoms with van der Waals surface area (Å²) >= 11 is 0. The van der Waals surface area contributed by atoms with Crippen LogP contribution in [-0.2, 0) is 6.42 Å². The lowest BCUT2D eigenvalue weighted by Gasteiger charge is -2.08. The maximum atomic E-state index is 14.1. The van der Waals surface area contributed by atoms with Gasteiger partial charge in [0.2, 0.25) is 0 Å². The van der Waals surface area contributed by atoms with E-state index >= 15 is 0 Å². The molecule has 4 aromatic rings. The molecule has 0 atom stereocenters. The number of hydrogen-bond acceptors (Lipinski definition) is 3. The Morgan fingerprint density at radius 2 is 1.91 bits per heavy atom. The Morgan fingerprint density at radius 1 is 1.09 bits per heavy atom. The number of aromatic amines is 1. The third kappa shape index (κ3) is 4.65. The molecular formula is C25H22BFN4O2. The summed E-state index contributed by atoms with van der Waals surface area (Å²) in [6, 6.07) is 13.6. The molecule has 0 saturated heterocycles. The summed E-state index contributed by atoms with van der Waals surface area (Å²) in [5, 5.41) is 6.20. The van der Waals surface area contributed by atoms with Crippen LogP contribution in [0.4, 0.5) is 4.39 Å². The topological polar surface area (TPSA) is 86.9 Å². The molecule has 3 N–H and O–H groups in total. The maximum absolute atomic E-state index is 14.1. The number of pyridine rings is 1. The fourth-order valence-corrected chi connectivity index (χ4v) is 3.85. The van der Waals surface area contributed by atoms with Gasteiger partial charge in [-0.05, 0) is 49.2 Å². The summed E-state index contributed by atoms with van der Waals surface area (Å²) in [5.74, 6) is -0.824. The lowest BCUT2D eigenvalue weighted by molar-refractivity contribution is 0.0949. The molecule has 0 saturated carbocycles. The lowest BCUT2D eigenvalue weighted by atomic mass is 9.93. The van der Waals surface area contributed by atoms with E-state index in [1.54, 1.807) is 43.4 Å². The highest BCUT2D eigenvalue weighted by Crippen LogP contribution is 2.24. The summed E-state index contributed by atoms with van der Waals surface area (Å²) < 4.78 is 14.1. The zero-order chi connectivity index (χ0) is 23.5. The number of aryl methyl sites for hydroxylation is 1. The van der Waals surface area contributed by atoms with E-state index in [-0.39, 0.29) is 11.8 Å². The molecule has 2 heterocycles. The van der Waals surface area contributed by atoms with Crippen LogP contribution < -0.4 is 16.1 Å². The van der Waals surface area contributed by atoms with Gasteiger partial charge in [-0.2, -0.15) is 0 Å². The van der Waals surface area contributed by atoms with Gasteiger partial charge in [0, 0.05) is 42.0 Å². The average molecular weight is 440 g/mol. The Morgan fingerprint density at radius 3 is 2.64 bits per heavy atom. The maximum Gasteiger partial charge on any atom is 0.252 e. The van der Waals surface area contributed by atoms with Gasteiger partial charge >= 0.3 is 0 Å². The van der Waals surface area contributed by atoms with Gasteiger partial charge in [0.05, 0.1) is 16.8 Å². The molecule has 6 nitrogen and oxygen atoms in total. The molecule has 0 aliphatic heterocycles. The van der Waals surface area contributed by atoms with Crippen molar-refractivity contribution >= 4 is 36.0 Å². The first-order valence-electron chi connectivity index (χ1n) is 10.5. The second-order valence-corrected chi connectivity index (χ2v) is 7.75. The van der Waals surface area contributed by atoms with Crippen molar-refractivity contribution in [3.8, 4) is 11.3 Å². The summed E-state index contributed by atoms with van der Waals surface area (Å²) in [7, 11) is 7.37. The lowest BCUT2D eigenvalue weighted by Crippen LogP contribution is -2.26. The van der Waals surface area contributed by atoms with Crippen molar-refractivity contribution in [1.82, 2.24) is 20.6 Å². The molecule has 0 aliphatic rings. The van der Waals surface area contributed by atoms with E-state index in [9.17, 15) is 14.0 Å². The monoisotopic (exact) mass is 440 g/mol. The summed E-state index contributed by atoms with van der Waals surface area (Å²) in [6.45, 7) is 2.24. The van der Waals surface area contributed by atoms with Gasteiger partial charge in [-0.1, -0.05) is 23.7 Å². The standard InChI is InChI=1S/C25H22BFN4O2/c1-14-19(20-11-18(26)12-21(27)23(20)31-14)8-9-29-25(33)17-6-7-22(30-13-17)15-4-3-5-16(10-15)24(32)28-2/h3-7,10-13,31H,8-9H2,1-2H3,(H,28,32)(H,29,33). The Kier molecular flexibility index (Phi) is 6.26. The second kappa shape index (κ2) is 9.28. The summed E-state index contributed by atoms with van der Waals surface area (Å²) in [6.07, 6.45) is 2.03. The molecule has 2 radical (unpaired) electrons. The molecule has 2 aromatic carbocycles. The normalized spacial score (nSPS) is 10.9. The zero-order valence-electron chi connectivity index (χ0n) is 18.3. The molecule has 2 amide bonds. The molecule has 8 heteroatoms. The predicted octanol–water partition coefficient (Wildman–Crippen LogP) is 2.80. The van der Waals surface area contributed by atoms with Crippen LogP contribution in [0.1, 0.15) is 32.0 Å². The average Bonchev–Trinajstić information content (AvgIpc) is 3.14. The Hall–Kier alpha value is -3.94. The molecule has 4 rings (SSSR count). The van der Waals surface area contributed by atoms with E-state index in [2.05, 4.69) is 20.6 Å². The van der Waals surface area contributed by atoms with Crippen molar-refractivity contribution in [3.63, 3.8) is 0 Å². The van der Waals surface area contributed by atoms with Crippen LogP contribution in [0.5, 0.6) is 0 Å². The van der Waals surface area contributed by atoms with Gasteiger partial charge in [-0.15, -0.1) is 0 Å². The van der Waals surface area contributed by atoms with Gasteiger partial charge in [-0.3, -0.25) is 14.6 Å². The SMILES string of the molecule is [B]c1cc(F)c2[nH]c(C)c(CCNC(=O)c3ccc(-c4cccc(C(=O)NC)c4)nc3)c2c1. The van der Waals surface area contributed by atoms with Gasteiger partial charge < -0.3 is 15.6 Å². The zero-order valence-corrected chi connectivity index (χ0v) is 18.3. The number of nitrogens with one attached hydrogen (secondary N) is 3. The minimum Gasteiger partial charge on any atom is -0.356 e. The fourth-order valence-electron chi connectivity index (χ4n) is 3.85. The summed E-state index contributed by atoms with van der Waals surface area (Å²) in [4.78, 5) is 31.8. The number of halogens is 1. The number of amides is 2. The molecule has 33 heavy (non-hydrogen) atoms. The molecular weight excluding hydrogens is 418 g/mol. The van der Waals surface area contributed by atoms with Crippen molar-refractivity contribution in [2.45, 2.75) is 13.3 Å². The van der Waals surface area contributed by atoms with Crippen molar-refractivity contribution in [1.29, 1.82) is 0 Å². The van der Waals surface area contributed by atoms with Crippen LogP contribution >= 0.6 is 0 Å². The first kappa shape index (κ1) is 22.3. The number of hydrogen-bond donors (Lipinski definition) is 3. The highest BCUT2D eigenvalue weighted by molar-refractivity contribution is 6.33. The van der Waals surface area contributed by atoms with Crippen LogP contribution in [0.3, 0.4) is 0 Å². The van der Waals surface area contributed by atoms with E-state index in [0.29, 0.717) is 40.8 Å². The van der Waals surface area contributed by atoms with Gasteiger partial charge in [-0.25, -0.2) is 4.39 Å². The number of H-pyrrole nitrogens is 1. The predicted molar refractivity (Wildman–Crippen MR) is 127 cm³/mol. The van der Waals surface area contributed by atoms with Crippen LogP contribution in [0.2, 0.25) is 0 Å². The number of nitrogens with zero attached hydrogens (tertiary/aromatic N) is 1. The second-order valence-electron chi connectivity index (χ2n) is 7.75. The van der Waals surface area contributed by atoms with Crippen LogP contribution in [0.25, 0.3) is 22.2 Å². The highest BCUT2D eigenvalue weighted by Gasteiger charge is 2.13. The third-order valence-electron chi connectivity index (χ3n) is 5.54. The van der Waals surface area contributed by atoms with Crippen molar-refractivity contribution in [2.24, 2.45) is 0 Å². The largest absolute Gasteiger partial charge is 0.356 e. The molecule has 0 spiro atoms. The Labute approximate surface area is 192 Å². The van der Waals surface area contributed by atoms with E-state index in [0.717, 1.165) is 22.2 Å². The Bertz CT molecular complexity index is 1350. The molecule has 0 fully saturated rings. The third-order valence-corrected chi connectivity index (χ3v) is 5.54. The molecule has 164 valence electrons. The molecule has 0 bridgehead atoms. The number of carbonyl (C=O) groups is 2. The minimum atomic E-state index is -0.393. The number of benzene rings is 2. The highest BCUT2D eigenvalue weighted by atomic mass is 19.1. The van der Waals surface area contributed by atoms with Gasteiger partial charge in [0.25, 0.3) is 11.8 Å². The van der Waals surface area contributed by atoms with E-state index < -0.39 is 5.82 Å². The minimum absolute atomic E-state index is 0.177. The number of carbonyl (C=O) groups excluding carboxylic acids is 2. The molecule has 0 unspecified atom stereocenters. The van der Waals surface area contributed by atoms with E-state index in [1.165, 1.54) is 12.3 Å². The number of fused-ring (bicyclic) bond motifs is 1. The van der Waals surface area contributed by atoms with Gasteiger partial charge in [0.1, 0.15) is 13.7 Å². The van der Waals surface area contributed by atoms with Crippen molar-refractivity contribution < 1.29 is 14.0 Å². The Balaban J connectivity index is 1.43. The first-order valence-corrected chi connectivity index (χ1v) is 10.5. The number of rotatable bonds is 6. The first-order chi connectivity index (χ1) is 15.9. The van der Waals surface area contributed by atoms with Crippen molar-refractivity contribution in [2.75, 3.05) is 13.6 Å². The molecule has 2 aromatic heterocycles.